The van der Waals surface area contributed by atoms with Gasteiger partial charge in [-0.3, -0.25) is 14.5 Å². The maximum absolute atomic E-state index is 14.7. The Hall–Kier alpha value is -6.33. The molecule has 0 bridgehead atoms. The topological polar surface area (TPSA) is 107 Å². The number of benzene rings is 6. The van der Waals surface area contributed by atoms with Gasteiger partial charge in [0.05, 0.1) is 36.0 Å². The molecule has 0 radical (unpaired) electrons. The van der Waals surface area contributed by atoms with Crippen molar-refractivity contribution in [1.29, 1.82) is 0 Å². The Kier molecular flexibility index (Phi) is 13.6. The minimum Gasteiger partial charge on any atom is -0.497 e. The second-order valence-electron chi connectivity index (χ2n) is 16.0. The zero-order valence-electron chi connectivity index (χ0n) is 36.1. The quantitative estimate of drug-likeness (QED) is 0.108. The summed E-state index contributed by atoms with van der Waals surface area (Å²) in [6.45, 7) is 2.84. The Bertz CT molecular complexity index is 2620. The van der Waals surface area contributed by atoms with E-state index in [4.69, 9.17) is 42.1 Å². The maximum atomic E-state index is 14.7. The number of hydrogen-bond acceptors (Lipinski definition) is 8. The fourth-order valence-corrected chi connectivity index (χ4v) is 8.88. The van der Waals surface area contributed by atoms with Gasteiger partial charge in [0.25, 0.3) is 5.91 Å². The maximum Gasteiger partial charge on any atom is 0.328 e. The zero-order valence-corrected chi connectivity index (χ0v) is 37.6. The van der Waals surface area contributed by atoms with Gasteiger partial charge in [0, 0.05) is 31.6 Å². The number of carbonyl (C=O) groups excluding carboxylic acids is 3. The van der Waals surface area contributed by atoms with Gasteiger partial charge in [-0.15, -0.1) is 0 Å². The van der Waals surface area contributed by atoms with Crippen molar-refractivity contribution in [3.05, 3.63) is 177 Å². The average molecular weight is 899 g/mol. The predicted molar refractivity (Wildman–Crippen MR) is 249 cm³/mol. The summed E-state index contributed by atoms with van der Waals surface area (Å²) in [4.78, 5) is 45.7. The predicted octanol–water partition coefficient (Wildman–Crippen LogP) is 10.1. The summed E-state index contributed by atoms with van der Waals surface area (Å²) in [5.41, 5.74) is 8.09. The van der Waals surface area contributed by atoms with Crippen LogP contribution in [0.4, 0.5) is 5.69 Å². The lowest BCUT2D eigenvalue weighted by Gasteiger charge is -2.42. The Morgan fingerprint density at radius 2 is 1.47 bits per heavy atom. The van der Waals surface area contributed by atoms with Gasteiger partial charge in [0.1, 0.15) is 29.9 Å². The van der Waals surface area contributed by atoms with Crippen molar-refractivity contribution in [1.82, 2.24) is 10.2 Å². The SMILES string of the molecule is CC[C@@H](c1ccccc1)N1Cc2cc3c(cc2C[C@H]1C(=O)NC(Cc1ccc(-c2ccc(OC)cc2)cc1)C(=O)OC)N(C)C(=O)[C@@H](c1ccc(OCc2ccc(Cl)c(Cl)c2)cc1)O3. The molecule has 10 nitrogen and oxygen atoms in total. The van der Waals surface area contributed by atoms with Crippen LogP contribution in [0.2, 0.25) is 10.0 Å². The molecule has 0 aromatic heterocycles. The van der Waals surface area contributed by atoms with E-state index in [1.807, 2.05) is 109 Å². The lowest BCUT2D eigenvalue weighted by molar-refractivity contribution is -0.146. The van der Waals surface area contributed by atoms with E-state index in [1.54, 1.807) is 31.2 Å². The van der Waals surface area contributed by atoms with E-state index in [0.29, 0.717) is 52.4 Å². The summed E-state index contributed by atoms with van der Waals surface area (Å²) >= 11 is 12.2. The molecular weight excluding hydrogens is 849 g/mol. The van der Waals surface area contributed by atoms with Crippen LogP contribution in [0.5, 0.6) is 17.2 Å². The Balaban J connectivity index is 1.03. The number of amides is 2. The zero-order chi connectivity index (χ0) is 44.9. The van der Waals surface area contributed by atoms with Crippen LogP contribution in [-0.2, 0) is 45.1 Å². The number of esters is 1. The number of anilines is 1. The molecule has 1 unspecified atom stereocenters. The van der Waals surface area contributed by atoms with Crippen LogP contribution in [-0.4, -0.2) is 56.0 Å². The first-order chi connectivity index (χ1) is 31.0. The van der Waals surface area contributed by atoms with Crippen LogP contribution in [0.15, 0.2) is 133 Å². The molecule has 0 fully saturated rings. The number of likely N-dealkylation sites (N-methyl/N-ethyl adjacent to an activating group) is 1. The highest BCUT2D eigenvalue weighted by Gasteiger charge is 2.40. The lowest BCUT2D eigenvalue weighted by Crippen LogP contribution is -2.55. The summed E-state index contributed by atoms with van der Waals surface area (Å²) in [6, 6.07) is 40.8. The monoisotopic (exact) mass is 897 g/mol. The van der Waals surface area contributed by atoms with Gasteiger partial charge in [0.15, 0.2) is 0 Å². The number of halogens is 2. The third kappa shape index (κ3) is 9.60. The number of hydrogen-bond donors (Lipinski definition) is 1. The van der Waals surface area contributed by atoms with Crippen molar-refractivity contribution >= 4 is 46.7 Å². The van der Waals surface area contributed by atoms with Crippen LogP contribution in [0, 0.1) is 0 Å². The van der Waals surface area contributed by atoms with E-state index >= 15 is 0 Å². The van der Waals surface area contributed by atoms with E-state index in [9.17, 15) is 14.4 Å². The summed E-state index contributed by atoms with van der Waals surface area (Å²) in [5, 5.41) is 4.02. The van der Waals surface area contributed by atoms with Crippen LogP contribution in [0.25, 0.3) is 11.1 Å². The molecule has 2 aliphatic heterocycles. The average Bonchev–Trinajstić information content (AvgIpc) is 3.33. The molecule has 0 saturated heterocycles. The summed E-state index contributed by atoms with van der Waals surface area (Å²) < 4.78 is 23.0. The fraction of sp³-hybridized carbons (Fsp3) is 0.250. The minimum atomic E-state index is -0.926. The molecule has 64 heavy (non-hydrogen) atoms. The molecule has 4 atom stereocenters. The third-order valence-electron chi connectivity index (χ3n) is 12.1. The summed E-state index contributed by atoms with van der Waals surface area (Å²) in [7, 11) is 4.71. The van der Waals surface area contributed by atoms with Crippen LogP contribution >= 0.6 is 23.2 Å². The number of carbonyl (C=O) groups is 3. The highest BCUT2D eigenvalue weighted by molar-refractivity contribution is 6.42. The molecule has 0 aliphatic carbocycles. The largest absolute Gasteiger partial charge is 0.497 e. The number of fused-ring (bicyclic) bond motifs is 2. The van der Waals surface area contributed by atoms with E-state index in [1.165, 1.54) is 7.11 Å². The van der Waals surface area contributed by atoms with Crippen LogP contribution in [0.3, 0.4) is 0 Å². The van der Waals surface area contributed by atoms with Gasteiger partial charge >= 0.3 is 5.97 Å². The van der Waals surface area contributed by atoms with Crippen LogP contribution < -0.4 is 24.4 Å². The van der Waals surface area contributed by atoms with Crippen LogP contribution in [0.1, 0.15) is 58.9 Å². The molecule has 6 aromatic rings. The first-order valence-corrected chi connectivity index (χ1v) is 22.0. The van der Waals surface area contributed by atoms with Gasteiger partial charge in [-0.2, -0.15) is 0 Å². The number of methoxy groups -OCH3 is 2. The van der Waals surface area contributed by atoms with Gasteiger partial charge in [-0.25, -0.2) is 4.79 Å². The second kappa shape index (κ2) is 19.6. The van der Waals surface area contributed by atoms with Gasteiger partial charge in [-0.1, -0.05) is 115 Å². The van der Waals surface area contributed by atoms with Crippen molar-refractivity contribution in [3.8, 4) is 28.4 Å². The fourth-order valence-electron chi connectivity index (χ4n) is 8.56. The Labute approximate surface area is 383 Å². The molecule has 8 rings (SSSR count). The molecular formula is C52H49Cl2N3O7. The molecule has 6 aromatic carbocycles. The minimum absolute atomic E-state index is 0.112. The van der Waals surface area contributed by atoms with Gasteiger partial charge in [-0.05, 0) is 100 Å². The first-order valence-electron chi connectivity index (χ1n) is 21.2. The van der Waals surface area contributed by atoms with Crippen molar-refractivity contribution in [2.24, 2.45) is 0 Å². The van der Waals surface area contributed by atoms with Crippen molar-refractivity contribution in [2.45, 2.75) is 63.6 Å². The number of ether oxygens (including phenoxy) is 4. The molecule has 1 N–H and O–H groups in total. The highest BCUT2D eigenvalue weighted by Crippen LogP contribution is 2.43. The van der Waals surface area contributed by atoms with Crippen molar-refractivity contribution < 1.29 is 33.3 Å². The van der Waals surface area contributed by atoms with E-state index in [-0.39, 0.29) is 24.3 Å². The molecule has 0 spiro atoms. The van der Waals surface area contributed by atoms with E-state index < -0.39 is 24.2 Å². The van der Waals surface area contributed by atoms with Crippen molar-refractivity contribution in [2.75, 3.05) is 26.2 Å². The second-order valence-corrected chi connectivity index (χ2v) is 16.8. The molecule has 0 saturated carbocycles. The van der Waals surface area contributed by atoms with Crippen molar-refractivity contribution in [3.63, 3.8) is 0 Å². The Morgan fingerprint density at radius 3 is 2.12 bits per heavy atom. The third-order valence-corrected chi connectivity index (χ3v) is 12.8. The van der Waals surface area contributed by atoms with Gasteiger partial charge < -0.3 is 29.2 Å². The molecule has 2 aliphatic rings. The molecule has 2 heterocycles. The molecule has 328 valence electrons. The summed E-state index contributed by atoms with van der Waals surface area (Å²) in [5.74, 6) is 0.937. The highest BCUT2D eigenvalue weighted by atomic mass is 35.5. The number of nitrogens with zero attached hydrogens (tertiary/aromatic N) is 2. The Morgan fingerprint density at radius 1 is 0.797 bits per heavy atom. The summed E-state index contributed by atoms with van der Waals surface area (Å²) in [6.07, 6.45) is 0.447. The first kappa shape index (κ1) is 44.3. The van der Waals surface area contributed by atoms with E-state index in [0.717, 1.165) is 51.1 Å². The van der Waals surface area contributed by atoms with Gasteiger partial charge in [0.2, 0.25) is 12.0 Å². The number of nitrogens with one attached hydrogen (secondary N) is 1. The molecule has 12 heteroatoms. The normalized spacial score (nSPS) is 16.7. The standard InChI is InChI=1S/C52H49Cl2N3O7/c1-5-45(36-9-7-6-8-10-36)57-30-39-29-48-46(56(2)51(59)49(64-48)37-18-22-41(23-19-37)63-31-33-13-24-42(53)43(54)25-33)27-38(39)28-47(57)50(58)55-44(52(60)62-4)26-32-11-14-34(15-12-32)35-16-20-40(61-3)21-17-35/h6-25,27,29,44-45,47,49H,5,26,28,30-31H2,1-4H3,(H,55,58)/t44?,45-,47-,49+/m0/s1. The number of rotatable bonds is 14. The molecule has 2 amide bonds. The smallest absolute Gasteiger partial charge is 0.328 e. The lowest BCUT2D eigenvalue weighted by atomic mass is 9.88. The van der Waals surface area contributed by atoms with E-state index in [2.05, 4.69) is 29.3 Å².